The van der Waals surface area contributed by atoms with E-state index >= 15 is 0 Å². The minimum atomic E-state index is -4.78. The summed E-state index contributed by atoms with van der Waals surface area (Å²) in [5, 5.41) is 9.82. The van der Waals surface area contributed by atoms with Gasteiger partial charge < -0.3 is 14.9 Å². The molecule has 0 aromatic heterocycles. The molecular weight excluding hydrogens is 267 g/mol. The van der Waals surface area contributed by atoms with Crippen molar-refractivity contribution in [2.24, 2.45) is 4.99 Å². The first-order valence-electron chi connectivity index (χ1n) is 4.04. The Kier molecular flexibility index (Phi) is 6.77. The van der Waals surface area contributed by atoms with Crippen LogP contribution < -0.4 is 0 Å². The van der Waals surface area contributed by atoms with Gasteiger partial charge in [0, 0.05) is 5.56 Å². The fourth-order valence-corrected chi connectivity index (χ4v) is 1.88. The van der Waals surface area contributed by atoms with Crippen LogP contribution in [0, 0.1) is 0 Å². The molecule has 1 aliphatic rings. The fraction of sp³-hybridized carbons (Fsp3) is 0.125. The van der Waals surface area contributed by atoms with Crippen LogP contribution in [0.25, 0.3) is 0 Å². The monoisotopic (exact) mass is 277 g/mol. The van der Waals surface area contributed by atoms with Gasteiger partial charge in [-0.25, -0.2) is 9.09 Å². The van der Waals surface area contributed by atoms with Crippen LogP contribution in [0.1, 0.15) is 5.56 Å². The Morgan fingerprint density at radius 1 is 1.24 bits per heavy atom. The van der Waals surface area contributed by atoms with Crippen molar-refractivity contribution < 1.29 is 24.0 Å². The number of hydrogen-bond acceptors (Lipinski definition) is 4. The average Bonchev–Trinajstić information content (AvgIpc) is 2.42. The molecule has 6 nitrogen and oxygen atoms in total. The molecule has 9 heteroatoms. The molecular formula is C8H10NNa2O5P. The molecule has 1 aromatic carbocycles. The first-order valence-corrected chi connectivity index (χ1v) is 5.57. The molecule has 0 radical (unpaired) electrons. The second-order valence-corrected chi connectivity index (χ2v) is 4.22. The summed E-state index contributed by atoms with van der Waals surface area (Å²) in [4.78, 5) is 21.1. The van der Waals surface area contributed by atoms with E-state index in [1.165, 1.54) is 6.07 Å². The van der Waals surface area contributed by atoms with E-state index in [9.17, 15) is 9.67 Å². The summed E-state index contributed by atoms with van der Waals surface area (Å²) in [6.45, 7) is 0. The van der Waals surface area contributed by atoms with Crippen LogP contribution in [-0.2, 0) is 14.9 Å². The van der Waals surface area contributed by atoms with E-state index in [0.717, 1.165) is 6.21 Å². The number of phosphoric ester groups is 1. The summed E-state index contributed by atoms with van der Waals surface area (Å²) in [7, 11) is -4.78. The Balaban J connectivity index is 0.00000128. The molecule has 0 spiro atoms. The predicted molar refractivity (Wildman–Crippen MR) is 65.9 cm³/mol. The summed E-state index contributed by atoms with van der Waals surface area (Å²) >= 11 is 0. The SMILES string of the molecule is O=P(O)(O)OC1(O)C=Nc2ccccc21.[NaH].[NaH]. The number of benzene rings is 1. The Morgan fingerprint density at radius 3 is 2.41 bits per heavy atom. The first-order chi connectivity index (χ1) is 6.91. The van der Waals surface area contributed by atoms with Gasteiger partial charge in [0.15, 0.2) is 0 Å². The second kappa shape index (κ2) is 6.41. The van der Waals surface area contributed by atoms with Crippen LogP contribution in [0.2, 0.25) is 0 Å². The normalized spacial score (nSPS) is 21.4. The van der Waals surface area contributed by atoms with Crippen LogP contribution >= 0.6 is 7.82 Å². The molecule has 1 atom stereocenters. The van der Waals surface area contributed by atoms with Crippen molar-refractivity contribution in [3.8, 4) is 0 Å². The van der Waals surface area contributed by atoms with Gasteiger partial charge in [-0.1, -0.05) is 18.2 Å². The van der Waals surface area contributed by atoms with Gasteiger partial charge in [0.05, 0.1) is 11.9 Å². The van der Waals surface area contributed by atoms with E-state index < -0.39 is 13.6 Å². The number of fused-ring (bicyclic) bond motifs is 1. The average molecular weight is 277 g/mol. The number of aliphatic hydroxyl groups is 1. The van der Waals surface area contributed by atoms with Gasteiger partial charge in [-0.2, -0.15) is 0 Å². The number of phosphoric acid groups is 1. The standard InChI is InChI=1S/C8H8NO5P.2Na.2H/c10-8(14-15(11,12)13)5-9-7-4-2-1-3-6(7)8;;;;/h1-5,10H,(H2,11,12,13);;;;. The van der Waals surface area contributed by atoms with Crippen LogP contribution in [-0.4, -0.2) is 80.2 Å². The van der Waals surface area contributed by atoms with Gasteiger partial charge >= 0.3 is 66.9 Å². The van der Waals surface area contributed by atoms with Crippen molar-refractivity contribution in [3.63, 3.8) is 0 Å². The van der Waals surface area contributed by atoms with Crippen LogP contribution in [0.5, 0.6) is 0 Å². The zero-order valence-corrected chi connectivity index (χ0v) is 8.33. The number of hydrogen-bond donors (Lipinski definition) is 3. The zero-order valence-electron chi connectivity index (χ0n) is 7.44. The number of para-hydroxylation sites is 1. The molecule has 0 amide bonds. The third-order valence-corrected chi connectivity index (χ3v) is 2.44. The first kappa shape index (κ1) is 18.0. The molecule has 0 fully saturated rings. The molecule has 3 N–H and O–H groups in total. The van der Waals surface area contributed by atoms with Crippen LogP contribution in [0.3, 0.4) is 0 Å². The van der Waals surface area contributed by atoms with Gasteiger partial charge in [-0.05, 0) is 6.07 Å². The van der Waals surface area contributed by atoms with E-state index in [1.807, 2.05) is 0 Å². The fourth-order valence-electron chi connectivity index (χ4n) is 1.37. The van der Waals surface area contributed by atoms with Crippen LogP contribution in [0.15, 0.2) is 29.3 Å². The van der Waals surface area contributed by atoms with Crippen molar-refractivity contribution in [2.75, 3.05) is 0 Å². The van der Waals surface area contributed by atoms with Crippen LogP contribution in [0.4, 0.5) is 5.69 Å². The number of nitrogens with zero attached hydrogens (tertiary/aromatic N) is 1. The Bertz CT molecular complexity index is 477. The molecule has 1 aromatic rings. The molecule has 0 aliphatic carbocycles. The second-order valence-electron chi connectivity index (χ2n) is 3.05. The van der Waals surface area contributed by atoms with Gasteiger partial charge in [-0.15, -0.1) is 0 Å². The molecule has 1 unspecified atom stereocenters. The zero-order chi connectivity index (χ0) is 11.1. The molecule has 2 rings (SSSR count). The molecule has 1 heterocycles. The Labute approximate surface area is 142 Å². The van der Waals surface area contributed by atoms with E-state index in [0.29, 0.717) is 5.69 Å². The molecule has 17 heavy (non-hydrogen) atoms. The van der Waals surface area contributed by atoms with Crippen molar-refractivity contribution in [3.05, 3.63) is 29.8 Å². The summed E-state index contributed by atoms with van der Waals surface area (Å²) in [5.74, 6) is -2.14. The molecule has 1 aliphatic heterocycles. The van der Waals surface area contributed by atoms with Crippen molar-refractivity contribution in [1.29, 1.82) is 0 Å². The Morgan fingerprint density at radius 2 is 1.82 bits per heavy atom. The quantitative estimate of drug-likeness (QED) is 0.379. The predicted octanol–water partition coefficient (Wildman–Crippen LogP) is -0.640. The summed E-state index contributed by atoms with van der Waals surface area (Å²) in [6.07, 6.45) is 0.955. The summed E-state index contributed by atoms with van der Waals surface area (Å²) in [6, 6.07) is 6.39. The third kappa shape index (κ3) is 4.23. The topological polar surface area (TPSA) is 99.4 Å². The van der Waals surface area contributed by atoms with Gasteiger partial charge in [0.1, 0.15) is 0 Å². The maximum absolute atomic E-state index is 10.7. The van der Waals surface area contributed by atoms with Gasteiger partial charge in [0.2, 0.25) is 5.79 Å². The number of rotatable bonds is 2. The van der Waals surface area contributed by atoms with E-state index in [2.05, 4.69) is 9.52 Å². The van der Waals surface area contributed by atoms with E-state index in [-0.39, 0.29) is 64.7 Å². The third-order valence-electron chi connectivity index (χ3n) is 1.93. The van der Waals surface area contributed by atoms with Gasteiger partial charge in [0.25, 0.3) is 0 Å². The van der Waals surface area contributed by atoms with Crippen molar-refractivity contribution in [1.82, 2.24) is 0 Å². The summed E-state index contributed by atoms with van der Waals surface area (Å²) < 4.78 is 14.9. The summed E-state index contributed by atoms with van der Waals surface area (Å²) in [5.41, 5.74) is 0.641. The van der Waals surface area contributed by atoms with Crippen molar-refractivity contribution in [2.45, 2.75) is 5.79 Å². The van der Waals surface area contributed by atoms with Crippen molar-refractivity contribution >= 4 is 78.8 Å². The van der Waals surface area contributed by atoms with Gasteiger partial charge in [-0.3, -0.25) is 4.99 Å². The molecule has 0 bridgehead atoms. The molecule has 0 saturated heterocycles. The van der Waals surface area contributed by atoms with E-state index in [4.69, 9.17) is 9.79 Å². The minimum absolute atomic E-state index is 0. The maximum atomic E-state index is 10.7. The molecule has 0 saturated carbocycles. The molecule has 84 valence electrons. The van der Waals surface area contributed by atoms with E-state index in [1.54, 1.807) is 18.2 Å². The Hall–Kier alpha value is 0.960. The number of aliphatic imine (C=N–C) groups is 1.